The van der Waals surface area contributed by atoms with Gasteiger partial charge in [0.05, 0.1) is 5.75 Å². The molecule has 0 heterocycles. The topological polar surface area (TPSA) is 58.2 Å². The molecule has 132 valence electrons. The van der Waals surface area contributed by atoms with Crippen LogP contribution in [-0.4, -0.2) is 20.7 Å². The Morgan fingerprint density at radius 1 is 0.840 bits per heavy atom. The van der Waals surface area contributed by atoms with Gasteiger partial charge in [-0.2, -0.15) is 0 Å². The summed E-state index contributed by atoms with van der Waals surface area (Å²) in [5.41, 5.74) is 5.08. The van der Waals surface area contributed by atoms with Crippen molar-refractivity contribution in [2.75, 3.05) is 12.3 Å². The second-order valence-corrected chi connectivity index (χ2v) is 8.84. The standard InChI is InChI=1S/C20H24N2O2S/c23-25(24,22-20-12-10-16-6-2-4-8-18(16)20)14-13-21-19-11-9-15-5-1-3-7-17(15)19/h1-8,19-22H,9-14H2. The van der Waals surface area contributed by atoms with E-state index in [1.54, 1.807) is 0 Å². The van der Waals surface area contributed by atoms with Crippen molar-refractivity contribution in [1.82, 2.24) is 10.0 Å². The molecule has 0 fully saturated rings. The van der Waals surface area contributed by atoms with Gasteiger partial charge in [0.2, 0.25) is 10.0 Å². The van der Waals surface area contributed by atoms with Gasteiger partial charge in [-0.15, -0.1) is 0 Å². The van der Waals surface area contributed by atoms with Crippen LogP contribution in [0.15, 0.2) is 48.5 Å². The SMILES string of the molecule is O=S(=O)(CCNC1CCc2ccccc21)NC1CCc2ccccc21. The molecule has 2 aliphatic carbocycles. The van der Waals surface area contributed by atoms with Gasteiger partial charge in [0.25, 0.3) is 0 Å². The lowest BCUT2D eigenvalue weighted by atomic mass is 10.1. The summed E-state index contributed by atoms with van der Waals surface area (Å²) in [6.45, 7) is 0.475. The quantitative estimate of drug-likeness (QED) is 0.837. The summed E-state index contributed by atoms with van der Waals surface area (Å²) in [6.07, 6.45) is 3.91. The molecule has 0 spiro atoms. The molecule has 2 aromatic rings. The van der Waals surface area contributed by atoms with Gasteiger partial charge in [0.1, 0.15) is 0 Å². The van der Waals surface area contributed by atoms with E-state index in [0.29, 0.717) is 6.54 Å². The van der Waals surface area contributed by atoms with Gasteiger partial charge >= 0.3 is 0 Å². The number of fused-ring (bicyclic) bond motifs is 2. The van der Waals surface area contributed by atoms with Crippen LogP contribution in [0, 0.1) is 0 Å². The Balaban J connectivity index is 1.33. The van der Waals surface area contributed by atoms with Crippen molar-refractivity contribution in [3.05, 3.63) is 70.8 Å². The lowest BCUT2D eigenvalue weighted by Gasteiger charge is -2.17. The van der Waals surface area contributed by atoms with Crippen LogP contribution in [0.1, 0.15) is 47.2 Å². The van der Waals surface area contributed by atoms with Crippen molar-refractivity contribution < 1.29 is 8.42 Å². The van der Waals surface area contributed by atoms with E-state index in [2.05, 4.69) is 40.4 Å². The van der Waals surface area contributed by atoms with E-state index in [4.69, 9.17) is 0 Å². The second kappa shape index (κ2) is 6.90. The van der Waals surface area contributed by atoms with Crippen LogP contribution in [0.2, 0.25) is 0 Å². The maximum atomic E-state index is 12.5. The summed E-state index contributed by atoms with van der Waals surface area (Å²) < 4.78 is 27.8. The van der Waals surface area contributed by atoms with E-state index in [1.807, 2.05) is 18.2 Å². The fourth-order valence-corrected chi connectivity index (χ4v) is 5.27. The number of rotatable bonds is 6. The molecule has 0 saturated carbocycles. The summed E-state index contributed by atoms with van der Waals surface area (Å²) in [5, 5.41) is 3.42. The zero-order chi connectivity index (χ0) is 17.3. The van der Waals surface area contributed by atoms with Crippen LogP contribution < -0.4 is 10.0 Å². The number of benzene rings is 2. The van der Waals surface area contributed by atoms with E-state index in [9.17, 15) is 8.42 Å². The van der Waals surface area contributed by atoms with Gasteiger partial charge in [-0.1, -0.05) is 48.5 Å². The minimum Gasteiger partial charge on any atom is -0.309 e. The maximum Gasteiger partial charge on any atom is 0.213 e. The molecule has 5 heteroatoms. The molecule has 0 radical (unpaired) electrons. The van der Waals surface area contributed by atoms with Gasteiger partial charge in [0.15, 0.2) is 0 Å². The summed E-state index contributed by atoms with van der Waals surface area (Å²) in [7, 11) is -3.29. The second-order valence-electron chi connectivity index (χ2n) is 6.97. The Hall–Kier alpha value is -1.69. The number of nitrogens with one attached hydrogen (secondary N) is 2. The lowest BCUT2D eigenvalue weighted by molar-refractivity contribution is 0.529. The predicted molar refractivity (Wildman–Crippen MR) is 99.9 cm³/mol. The van der Waals surface area contributed by atoms with Crippen LogP contribution in [0.4, 0.5) is 0 Å². The van der Waals surface area contributed by atoms with Crippen LogP contribution in [0.25, 0.3) is 0 Å². The van der Waals surface area contributed by atoms with E-state index in [-0.39, 0.29) is 17.8 Å². The zero-order valence-corrected chi connectivity index (χ0v) is 15.1. The van der Waals surface area contributed by atoms with Gasteiger partial charge in [-0.05, 0) is 47.9 Å². The van der Waals surface area contributed by atoms with Crippen molar-refractivity contribution >= 4 is 10.0 Å². The van der Waals surface area contributed by atoms with Crippen LogP contribution in [0.5, 0.6) is 0 Å². The number of sulfonamides is 1. The molecule has 25 heavy (non-hydrogen) atoms. The van der Waals surface area contributed by atoms with Gasteiger partial charge < -0.3 is 5.32 Å². The normalized spacial score (nSPS) is 21.9. The summed E-state index contributed by atoms with van der Waals surface area (Å²) >= 11 is 0. The molecule has 2 N–H and O–H groups in total. The molecule has 0 saturated heterocycles. The van der Waals surface area contributed by atoms with E-state index in [1.165, 1.54) is 16.7 Å². The molecule has 4 nitrogen and oxygen atoms in total. The fraction of sp³-hybridized carbons (Fsp3) is 0.400. The number of aryl methyl sites for hydroxylation is 2. The number of hydrogen-bond donors (Lipinski definition) is 2. The number of hydrogen-bond acceptors (Lipinski definition) is 3. The summed E-state index contributed by atoms with van der Waals surface area (Å²) in [6, 6.07) is 16.7. The third-order valence-corrected chi connectivity index (χ3v) is 6.73. The average Bonchev–Trinajstić information content (AvgIpc) is 3.20. The van der Waals surface area contributed by atoms with Gasteiger partial charge in [0, 0.05) is 18.6 Å². The molecule has 2 aromatic carbocycles. The van der Waals surface area contributed by atoms with E-state index < -0.39 is 10.0 Å². The molecular weight excluding hydrogens is 332 g/mol. The largest absolute Gasteiger partial charge is 0.309 e. The van der Waals surface area contributed by atoms with E-state index in [0.717, 1.165) is 31.2 Å². The first-order valence-corrected chi connectivity index (χ1v) is 10.7. The third-order valence-electron chi connectivity index (χ3n) is 5.35. The Labute approximate surface area is 149 Å². The van der Waals surface area contributed by atoms with Crippen LogP contribution in [-0.2, 0) is 22.9 Å². The average molecular weight is 356 g/mol. The first kappa shape index (κ1) is 16.8. The van der Waals surface area contributed by atoms with Crippen molar-refractivity contribution in [2.24, 2.45) is 0 Å². The Kier molecular flexibility index (Phi) is 4.63. The fourth-order valence-electron chi connectivity index (χ4n) is 4.09. The molecule has 0 bridgehead atoms. The van der Waals surface area contributed by atoms with Crippen molar-refractivity contribution in [3.63, 3.8) is 0 Å². The third kappa shape index (κ3) is 3.64. The highest BCUT2D eigenvalue weighted by Gasteiger charge is 2.26. The molecule has 0 amide bonds. The van der Waals surface area contributed by atoms with Crippen LogP contribution >= 0.6 is 0 Å². The lowest BCUT2D eigenvalue weighted by Crippen LogP contribution is -2.34. The highest BCUT2D eigenvalue weighted by molar-refractivity contribution is 7.89. The van der Waals surface area contributed by atoms with Gasteiger partial charge in [-0.25, -0.2) is 13.1 Å². The Morgan fingerprint density at radius 2 is 1.40 bits per heavy atom. The zero-order valence-electron chi connectivity index (χ0n) is 14.2. The van der Waals surface area contributed by atoms with Gasteiger partial charge in [-0.3, -0.25) is 0 Å². The predicted octanol–water partition coefficient (Wildman–Crippen LogP) is 2.87. The monoisotopic (exact) mass is 356 g/mol. The van der Waals surface area contributed by atoms with Crippen LogP contribution in [0.3, 0.4) is 0 Å². The van der Waals surface area contributed by atoms with Crippen molar-refractivity contribution in [2.45, 2.75) is 37.8 Å². The van der Waals surface area contributed by atoms with Crippen molar-refractivity contribution in [3.8, 4) is 0 Å². The highest BCUT2D eigenvalue weighted by Crippen LogP contribution is 2.32. The van der Waals surface area contributed by atoms with Crippen molar-refractivity contribution in [1.29, 1.82) is 0 Å². The molecule has 0 aromatic heterocycles. The highest BCUT2D eigenvalue weighted by atomic mass is 32.2. The minimum atomic E-state index is -3.29. The molecule has 0 aliphatic heterocycles. The minimum absolute atomic E-state index is 0.0755. The first-order valence-electron chi connectivity index (χ1n) is 9.01. The van der Waals surface area contributed by atoms with E-state index >= 15 is 0 Å². The summed E-state index contributed by atoms with van der Waals surface area (Å²) in [5.74, 6) is 0.115. The Bertz CT molecular complexity index is 864. The molecule has 2 aliphatic rings. The molecular formula is C20H24N2O2S. The Morgan fingerprint density at radius 3 is 2.08 bits per heavy atom. The maximum absolute atomic E-state index is 12.5. The molecule has 2 unspecified atom stereocenters. The molecule has 2 atom stereocenters. The summed E-state index contributed by atoms with van der Waals surface area (Å²) in [4.78, 5) is 0. The first-order chi connectivity index (χ1) is 12.1. The molecule has 4 rings (SSSR count). The smallest absolute Gasteiger partial charge is 0.213 e.